The van der Waals surface area contributed by atoms with E-state index in [0.29, 0.717) is 0 Å². The Balaban J connectivity index is 2.71. The van der Waals surface area contributed by atoms with Gasteiger partial charge in [0.25, 0.3) is 0 Å². The highest BCUT2D eigenvalue weighted by molar-refractivity contribution is 5.70. The highest BCUT2D eigenvalue weighted by atomic mass is 16.8. The van der Waals surface area contributed by atoms with E-state index in [1.165, 1.54) is 0 Å². The van der Waals surface area contributed by atoms with Crippen LogP contribution in [0.25, 0.3) is 0 Å². The SMILES string of the molecule is CC(=O)OCC12OC1C(N)C(O)(OC(C)=O)C(O)(OC(C)=O)C2(O)OC(C)=O. The zero-order chi connectivity index (χ0) is 21.7. The van der Waals surface area contributed by atoms with Gasteiger partial charge in [-0.2, -0.15) is 0 Å². The predicted octanol–water partition coefficient (Wildman–Crippen LogP) is -3.22. The summed E-state index contributed by atoms with van der Waals surface area (Å²) in [6, 6.07) is -1.83. The van der Waals surface area contributed by atoms with Gasteiger partial charge in [0.2, 0.25) is 5.60 Å². The van der Waals surface area contributed by atoms with E-state index >= 15 is 0 Å². The van der Waals surface area contributed by atoms with Crippen molar-refractivity contribution in [3.63, 3.8) is 0 Å². The van der Waals surface area contributed by atoms with E-state index in [9.17, 15) is 34.5 Å². The van der Waals surface area contributed by atoms with Crippen molar-refractivity contribution in [1.29, 1.82) is 0 Å². The number of rotatable bonds is 5. The van der Waals surface area contributed by atoms with Crippen LogP contribution >= 0.6 is 0 Å². The van der Waals surface area contributed by atoms with Gasteiger partial charge in [-0.3, -0.25) is 19.2 Å². The van der Waals surface area contributed by atoms with Crippen molar-refractivity contribution in [2.45, 2.75) is 62.8 Å². The van der Waals surface area contributed by atoms with Crippen LogP contribution in [0.4, 0.5) is 0 Å². The van der Waals surface area contributed by atoms with E-state index in [1.807, 2.05) is 0 Å². The lowest BCUT2D eigenvalue weighted by Gasteiger charge is -2.53. The third-order valence-corrected chi connectivity index (χ3v) is 4.41. The number of nitrogens with two attached hydrogens (primary N) is 1. The average Bonchev–Trinajstić information content (AvgIpc) is 3.25. The molecule has 0 aromatic rings. The van der Waals surface area contributed by atoms with Crippen LogP contribution in [0.1, 0.15) is 27.7 Å². The molecule has 0 spiro atoms. The fourth-order valence-electron chi connectivity index (χ4n) is 3.28. The first kappa shape index (κ1) is 22.0. The van der Waals surface area contributed by atoms with Crippen LogP contribution in [0.2, 0.25) is 0 Å². The number of fused-ring (bicyclic) bond motifs is 1. The summed E-state index contributed by atoms with van der Waals surface area (Å²) in [5.41, 5.74) is 3.61. The van der Waals surface area contributed by atoms with Gasteiger partial charge in [-0.1, -0.05) is 0 Å². The summed E-state index contributed by atoms with van der Waals surface area (Å²) in [4.78, 5) is 45.9. The Hall–Kier alpha value is -2.32. The molecular weight excluding hydrogens is 386 g/mol. The maximum Gasteiger partial charge on any atom is 0.348 e. The summed E-state index contributed by atoms with van der Waals surface area (Å²) in [7, 11) is 0. The van der Waals surface area contributed by atoms with Crippen LogP contribution in [-0.2, 0) is 42.9 Å². The van der Waals surface area contributed by atoms with Crippen molar-refractivity contribution in [2.24, 2.45) is 5.73 Å². The van der Waals surface area contributed by atoms with Crippen molar-refractivity contribution < 1.29 is 58.2 Å². The third kappa shape index (κ3) is 2.91. The summed E-state index contributed by atoms with van der Waals surface area (Å²) < 4.78 is 24.2. The fourth-order valence-corrected chi connectivity index (χ4v) is 3.28. The first-order valence-electron chi connectivity index (χ1n) is 7.99. The fraction of sp³-hybridized carbons (Fsp3) is 0.733. The maximum atomic E-state index is 11.6. The highest BCUT2D eigenvalue weighted by Gasteiger charge is 2.93. The quantitative estimate of drug-likeness (QED) is 0.153. The summed E-state index contributed by atoms with van der Waals surface area (Å²) in [6.07, 6.45) is -1.45. The van der Waals surface area contributed by atoms with Gasteiger partial charge in [0, 0.05) is 27.7 Å². The van der Waals surface area contributed by atoms with E-state index in [1.54, 1.807) is 0 Å². The molecule has 13 nitrogen and oxygen atoms in total. The van der Waals surface area contributed by atoms with Gasteiger partial charge in [-0.25, -0.2) is 0 Å². The molecule has 2 rings (SSSR count). The van der Waals surface area contributed by atoms with Gasteiger partial charge in [0.1, 0.15) is 18.8 Å². The molecule has 0 amide bonds. The third-order valence-electron chi connectivity index (χ3n) is 4.41. The van der Waals surface area contributed by atoms with Gasteiger partial charge < -0.3 is 44.7 Å². The second-order valence-corrected chi connectivity index (χ2v) is 6.50. The zero-order valence-electron chi connectivity index (χ0n) is 15.5. The largest absolute Gasteiger partial charge is 0.462 e. The number of ether oxygens (including phenoxy) is 5. The summed E-state index contributed by atoms with van der Waals surface area (Å²) in [6.45, 7) is 2.64. The molecule has 0 aromatic carbocycles. The lowest BCUT2D eigenvalue weighted by molar-refractivity contribution is -0.471. The molecule has 6 unspecified atom stereocenters. The van der Waals surface area contributed by atoms with Crippen LogP contribution in [-0.4, -0.2) is 80.9 Å². The van der Waals surface area contributed by atoms with Crippen LogP contribution in [0, 0.1) is 0 Å². The normalized spacial score (nSPS) is 41.3. The minimum atomic E-state index is -3.66. The number of hydrogen-bond acceptors (Lipinski definition) is 13. The van der Waals surface area contributed by atoms with Gasteiger partial charge in [0.05, 0.1) is 0 Å². The topological polar surface area (TPSA) is 204 Å². The Morgan fingerprint density at radius 3 is 1.75 bits per heavy atom. The molecule has 0 aromatic heterocycles. The molecule has 158 valence electrons. The van der Waals surface area contributed by atoms with Gasteiger partial charge in [-0.15, -0.1) is 0 Å². The first-order valence-corrected chi connectivity index (χ1v) is 7.99. The van der Waals surface area contributed by atoms with Gasteiger partial charge in [0.15, 0.2) is 0 Å². The van der Waals surface area contributed by atoms with Crippen molar-refractivity contribution in [3.8, 4) is 0 Å². The highest BCUT2D eigenvalue weighted by Crippen LogP contribution is 2.61. The smallest absolute Gasteiger partial charge is 0.348 e. The number of carbonyl (C=O) groups excluding carboxylic acids is 4. The molecule has 5 N–H and O–H groups in total. The average molecular weight is 407 g/mol. The van der Waals surface area contributed by atoms with Crippen LogP contribution < -0.4 is 5.73 Å². The molecule has 1 heterocycles. The molecule has 1 aliphatic carbocycles. The zero-order valence-corrected chi connectivity index (χ0v) is 15.5. The van der Waals surface area contributed by atoms with E-state index in [2.05, 4.69) is 9.47 Å². The first-order chi connectivity index (χ1) is 12.7. The van der Waals surface area contributed by atoms with E-state index < -0.39 is 65.6 Å². The van der Waals surface area contributed by atoms with E-state index in [0.717, 1.165) is 27.7 Å². The molecular formula is C15H21NO12. The molecule has 2 fully saturated rings. The molecule has 0 bridgehead atoms. The van der Waals surface area contributed by atoms with Crippen molar-refractivity contribution in [2.75, 3.05) is 6.61 Å². The van der Waals surface area contributed by atoms with Crippen molar-refractivity contribution >= 4 is 23.9 Å². The molecule has 1 saturated heterocycles. The molecule has 1 saturated carbocycles. The Bertz CT molecular complexity index is 726. The number of aliphatic hydroxyl groups is 3. The summed E-state index contributed by atoms with van der Waals surface area (Å²) in [5.74, 6) is -14.9. The second-order valence-electron chi connectivity index (χ2n) is 6.50. The van der Waals surface area contributed by atoms with Crippen LogP contribution in [0.5, 0.6) is 0 Å². The monoisotopic (exact) mass is 407 g/mol. The molecule has 0 radical (unpaired) electrons. The number of hydrogen-bond donors (Lipinski definition) is 4. The molecule has 28 heavy (non-hydrogen) atoms. The number of carbonyl (C=O) groups is 4. The van der Waals surface area contributed by atoms with Gasteiger partial charge >= 0.3 is 41.2 Å². The van der Waals surface area contributed by atoms with Crippen molar-refractivity contribution in [3.05, 3.63) is 0 Å². The summed E-state index contributed by atoms with van der Waals surface area (Å²) >= 11 is 0. The van der Waals surface area contributed by atoms with E-state index in [-0.39, 0.29) is 0 Å². The number of esters is 4. The van der Waals surface area contributed by atoms with Crippen LogP contribution in [0.3, 0.4) is 0 Å². The van der Waals surface area contributed by atoms with E-state index in [4.69, 9.17) is 19.9 Å². The maximum absolute atomic E-state index is 11.6. The lowest BCUT2D eigenvalue weighted by Crippen LogP contribution is -2.85. The Morgan fingerprint density at radius 2 is 1.32 bits per heavy atom. The number of epoxide rings is 1. The minimum absolute atomic E-state index is 0.782. The minimum Gasteiger partial charge on any atom is -0.462 e. The molecule has 1 aliphatic heterocycles. The van der Waals surface area contributed by atoms with Crippen molar-refractivity contribution in [1.82, 2.24) is 0 Å². The Labute approximate surface area is 158 Å². The van der Waals surface area contributed by atoms with Crippen LogP contribution in [0.15, 0.2) is 0 Å². The molecule has 2 aliphatic rings. The standard InChI is InChI=1S/C15H21NO12/c1-6(17)24-5-12-11(28-12)10(16)13(21,25-7(2)18)15(23,27-9(4)20)14(12,22)26-8(3)19/h10-11,21-23H,5,16H2,1-4H3. The Kier molecular flexibility index (Phi) is 5.20. The molecule has 6 atom stereocenters. The Morgan fingerprint density at radius 1 is 0.857 bits per heavy atom. The lowest BCUT2D eigenvalue weighted by atomic mass is 9.72. The summed E-state index contributed by atoms with van der Waals surface area (Å²) in [5, 5.41) is 33.1. The predicted molar refractivity (Wildman–Crippen MR) is 82.4 cm³/mol. The second kappa shape index (κ2) is 6.63. The van der Waals surface area contributed by atoms with Gasteiger partial charge in [-0.05, 0) is 0 Å². The molecule has 13 heteroatoms.